The summed E-state index contributed by atoms with van der Waals surface area (Å²) in [5.41, 5.74) is 0.926. The molecule has 0 spiro atoms. The summed E-state index contributed by atoms with van der Waals surface area (Å²) in [5.74, 6) is 5.26. The van der Waals surface area contributed by atoms with E-state index in [1.165, 1.54) is 12.1 Å². The average molecular weight is 443 g/mol. The van der Waals surface area contributed by atoms with Crippen LogP contribution in [-0.4, -0.2) is 36.5 Å². The van der Waals surface area contributed by atoms with Gasteiger partial charge in [-0.05, 0) is 55.2 Å². The van der Waals surface area contributed by atoms with Gasteiger partial charge < -0.3 is 15.5 Å². The summed E-state index contributed by atoms with van der Waals surface area (Å²) in [7, 11) is 0. The van der Waals surface area contributed by atoms with Crippen LogP contribution in [0.2, 0.25) is 0 Å². The fourth-order valence-electron chi connectivity index (χ4n) is 3.33. The standard InChI is InChI=1S/C24H24F3N3O2/c25-24(26,27)21-8-4-6-18(16-21)7-5-13-28-23(32)29-17-19-9-11-20(12-10-19)22(31)30-14-2-1-3-15-30/h4,6,8-12,16H,1-3,13-15,17H2,(H2,28,29,32). The molecule has 0 aromatic heterocycles. The number of halogens is 3. The number of nitrogens with zero attached hydrogens (tertiary/aromatic N) is 1. The van der Waals surface area contributed by atoms with Crippen molar-refractivity contribution in [1.29, 1.82) is 0 Å². The van der Waals surface area contributed by atoms with Crippen molar-refractivity contribution in [2.24, 2.45) is 0 Å². The lowest BCUT2D eigenvalue weighted by atomic mass is 10.1. The largest absolute Gasteiger partial charge is 0.416 e. The van der Waals surface area contributed by atoms with E-state index in [1.54, 1.807) is 24.3 Å². The van der Waals surface area contributed by atoms with E-state index >= 15 is 0 Å². The third-order valence-electron chi connectivity index (χ3n) is 5.06. The van der Waals surface area contributed by atoms with Gasteiger partial charge in [0.25, 0.3) is 5.91 Å². The molecule has 1 saturated heterocycles. The highest BCUT2D eigenvalue weighted by Gasteiger charge is 2.30. The highest BCUT2D eigenvalue weighted by Crippen LogP contribution is 2.29. The molecular formula is C24H24F3N3O2. The van der Waals surface area contributed by atoms with Crippen molar-refractivity contribution in [3.8, 4) is 11.8 Å². The number of nitrogens with one attached hydrogen (secondary N) is 2. The van der Waals surface area contributed by atoms with Gasteiger partial charge in [0.1, 0.15) is 0 Å². The maximum absolute atomic E-state index is 12.7. The number of likely N-dealkylation sites (tertiary alicyclic amines) is 1. The zero-order valence-corrected chi connectivity index (χ0v) is 17.5. The normalized spacial score (nSPS) is 13.7. The molecule has 0 unspecified atom stereocenters. The van der Waals surface area contributed by atoms with Crippen molar-refractivity contribution in [1.82, 2.24) is 15.5 Å². The van der Waals surface area contributed by atoms with E-state index in [0.717, 1.165) is 50.0 Å². The molecule has 1 heterocycles. The Bertz CT molecular complexity index is 1000. The number of urea groups is 1. The zero-order chi connectivity index (χ0) is 23.0. The zero-order valence-electron chi connectivity index (χ0n) is 17.5. The number of alkyl halides is 3. The third-order valence-corrected chi connectivity index (χ3v) is 5.06. The van der Waals surface area contributed by atoms with Gasteiger partial charge in [-0.2, -0.15) is 13.2 Å². The molecule has 5 nitrogen and oxygen atoms in total. The van der Waals surface area contributed by atoms with Crippen LogP contribution in [0, 0.1) is 11.8 Å². The molecule has 32 heavy (non-hydrogen) atoms. The van der Waals surface area contributed by atoms with Gasteiger partial charge in [0, 0.05) is 30.8 Å². The van der Waals surface area contributed by atoms with Crippen molar-refractivity contribution >= 4 is 11.9 Å². The first-order chi connectivity index (χ1) is 15.3. The number of piperidine rings is 1. The minimum Gasteiger partial charge on any atom is -0.339 e. The van der Waals surface area contributed by atoms with Gasteiger partial charge >= 0.3 is 12.2 Å². The number of carbonyl (C=O) groups is 2. The number of amides is 3. The van der Waals surface area contributed by atoms with E-state index < -0.39 is 17.8 Å². The van der Waals surface area contributed by atoms with E-state index in [-0.39, 0.29) is 24.6 Å². The predicted molar refractivity (Wildman–Crippen MR) is 115 cm³/mol. The molecule has 0 saturated carbocycles. The van der Waals surface area contributed by atoms with Gasteiger partial charge in [0.15, 0.2) is 0 Å². The van der Waals surface area contributed by atoms with E-state index in [2.05, 4.69) is 22.5 Å². The second-order valence-electron chi connectivity index (χ2n) is 7.47. The minimum absolute atomic E-state index is 0.00858. The van der Waals surface area contributed by atoms with Gasteiger partial charge in [0.05, 0.1) is 12.1 Å². The van der Waals surface area contributed by atoms with Crippen LogP contribution in [0.15, 0.2) is 48.5 Å². The first kappa shape index (κ1) is 23.2. The lowest BCUT2D eigenvalue weighted by molar-refractivity contribution is -0.137. The van der Waals surface area contributed by atoms with Crippen LogP contribution in [0.25, 0.3) is 0 Å². The second kappa shape index (κ2) is 10.7. The molecule has 1 aliphatic heterocycles. The summed E-state index contributed by atoms with van der Waals surface area (Å²) < 4.78 is 38.1. The number of hydrogen-bond acceptors (Lipinski definition) is 2. The van der Waals surface area contributed by atoms with Crippen LogP contribution in [0.3, 0.4) is 0 Å². The number of benzene rings is 2. The van der Waals surface area contributed by atoms with Crippen LogP contribution in [-0.2, 0) is 12.7 Å². The highest BCUT2D eigenvalue weighted by molar-refractivity contribution is 5.94. The van der Waals surface area contributed by atoms with E-state index in [4.69, 9.17) is 0 Å². The maximum Gasteiger partial charge on any atom is 0.416 e. The molecule has 2 aromatic rings. The Kier molecular flexibility index (Phi) is 7.77. The summed E-state index contributed by atoms with van der Waals surface area (Å²) in [6.45, 7) is 1.84. The molecule has 0 radical (unpaired) electrons. The molecule has 0 aliphatic carbocycles. The van der Waals surface area contributed by atoms with Gasteiger partial charge in [-0.1, -0.05) is 30.0 Å². The second-order valence-corrected chi connectivity index (χ2v) is 7.47. The Balaban J connectivity index is 1.43. The predicted octanol–water partition coefficient (Wildman–Crippen LogP) is 4.18. The summed E-state index contributed by atoms with van der Waals surface area (Å²) in [4.78, 5) is 26.2. The molecule has 1 fully saturated rings. The van der Waals surface area contributed by atoms with Gasteiger partial charge in [-0.3, -0.25) is 4.79 Å². The minimum atomic E-state index is -4.42. The quantitative estimate of drug-likeness (QED) is 0.697. The summed E-state index contributed by atoms with van der Waals surface area (Å²) in [6.07, 6.45) is -1.19. The molecule has 1 aliphatic rings. The topological polar surface area (TPSA) is 61.4 Å². The van der Waals surface area contributed by atoms with E-state index in [1.807, 2.05) is 4.90 Å². The Morgan fingerprint density at radius 2 is 1.69 bits per heavy atom. The number of carbonyl (C=O) groups excluding carboxylic acids is 2. The molecular weight excluding hydrogens is 419 g/mol. The highest BCUT2D eigenvalue weighted by atomic mass is 19.4. The molecule has 3 amide bonds. The van der Waals surface area contributed by atoms with Gasteiger partial charge in [0.2, 0.25) is 0 Å². The monoisotopic (exact) mass is 443 g/mol. The molecule has 0 atom stereocenters. The molecule has 2 N–H and O–H groups in total. The van der Waals surface area contributed by atoms with E-state index in [9.17, 15) is 22.8 Å². The van der Waals surface area contributed by atoms with Crippen LogP contribution in [0.5, 0.6) is 0 Å². The van der Waals surface area contributed by atoms with Crippen molar-refractivity contribution in [2.45, 2.75) is 32.0 Å². The van der Waals surface area contributed by atoms with Gasteiger partial charge in [-0.15, -0.1) is 0 Å². The lowest BCUT2D eigenvalue weighted by Crippen LogP contribution is -2.36. The molecule has 3 rings (SSSR count). The summed E-state index contributed by atoms with van der Waals surface area (Å²) in [6, 6.07) is 11.4. The fourth-order valence-corrected chi connectivity index (χ4v) is 3.33. The van der Waals surface area contributed by atoms with Crippen molar-refractivity contribution in [2.75, 3.05) is 19.6 Å². The molecule has 2 aromatic carbocycles. The molecule has 168 valence electrons. The number of rotatable bonds is 4. The van der Waals surface area contributed by atoms with Crippen LogP contribution < -0.4 is 10.6 Å². The van der Waals surface area contributed by atoms with Crippen molar-refractivity contribution in [3.63, 3.8) is 0 Å². The van der Waals surface area contributed by atoms with Crippen LogP contribution in [0.4, 0.5) is 18.0 Å². The first-order valence-corrected chi connectivity index (χ1v) is 10.4. The van der Waals surface area contributed by atoms with E-state index in [0.29, 0.717) is 5.56 Å². The smallest absolute Gasteiger partial charge is 0.339 e. The SMILES string of the molecule is O=C(NCC#Cc1cccc(C(F)(F)F)c1)NCc1ccc(C(=O)N2CCCCC2)cc1. The molecule has 0 bridgehead atoms. The summed E-state index contributed by atoms with van der Waals surface area (Å²) >= 11 is 0. The molecule has 8 heteroatoms. The third kappa shape index (κ3) is 6.77. The lowest BCUT2D eigenvalue weighted by Gasteiger charge is -2.26. The first-order valence-electron chi connectivity index (χ1n) is 10.4. The summed E-state index contributed by atoms with van der Waals surface area (Å²) in [5, 5.41) is 5.21. The van der Waals surface area contributed by atoms with Crippen LogP contribution in [0.1, 0.15) is 46.3 Å². The maximum atomic E-state index is 12.7. The fraction of sp³-hybridized carbons (Fsp3) is 0.333. The Labute approximate surface area is 185 Å². The Morgan fingerprint density at radius 3 is 2.38 bits per heavy atom. The Morgan fingerprint density at radius 1 is 0.969 bits per heavy atom. The van der Waals surface area contributed by atoms with Crippen LogP contribution >= 0.6 is 0 Å². The Hall–Kier alpha value is -3.47. The van der Waals surface area contributed by atoms with Crippen molar-refractivity contribution < 1.29 is 22.8 Å². The number of hydrogen-bond donors (Lipinski definition) is 2. The van der Waals surface area contributed by atoms with Crippen molar-refractivity contribution in [3.05, 3.63) is 70.8 Å². The average Bonchev–Trinajstić information content (AvgIpc) is 2.80. The van der Waals surface area contributed by atoms with Gasteiger partial charge in [-0.25, -0.2) is 4.79 Å².